The van der Waals surface area contributed by atoms with Gasteiger partial charge in [0.1, 0.15) is 0 Å². The predicted octanol–water partition coefficient (Wildman–Crippen LogP) is 13.6. The Labute approximate surface area is 298 Å². The fraction of sp³-hybridized carbons (Fsp3) is 0.444. The third-order valence-corrected chi connectivity index (χ3v) is 12.9. The molecule has 0 N–H and O–H groups in total. The van der Waals surface area contributed by atoms with E-state index in [9.17, 15) is 57.1 Å². The molecule has 0 fully saturated rings. The van der Waals surface area contributed by atoms with Gasteiger partial charge in [0.2, 0.25) is 0 Å². The molecule has 0 atom stereocenters. The molecular weight excluding hydrogens is 783 g/mol. The van der Waals surface area contributed by atoms with Crippen molar-refractivity contribution in [2.24, 2.45) is 0 Å². The monoisotopic (exact) mass is 813 g/mol. The highest BCUT2D eigenvalue weighted by Crippen LogP contribution is 2.64. The first-order valence-electron chi connectivity index (χ1n) is 16.1. The minimum Gasteiger partial charge on any atom is -0.200 e. The topological polar surface area (TPSA) is 0 Å². The van der Waals surface area contributed by atoms with Crippen molar-refractivity contribution in [2.45, 2.75) is 97.9 Å². The summed E-state index contributed by atoms with van der Waals surface area (Å²) in [6.45, 7) is 3.49. The van der Waals surface area contributed by atoms with Gasteiger partial charge in [0.25, 0.3) is 0 Å². The van der Waals surface area contributed by atoms with E-state index in [0.29, 0.717) is 33.6 Å². The van der Waals surface area contributed by atoms with Gasteiger partial charge in [-0.05, 0) is 45.1 Å². The number of hydrogen-bond acceptors (Lipinski definition) is 0. The van der Waals surface area contributed by atoms with E-state index in [1.165, 1.54) is 24.3 Å². The first-order valence-corrected chi connectivity index (χ1v) is 18.3. The highest BCUT2D eigenvalue weighted by atomic mass is 28.3. The Morgan fingerprint density at radius 1 is 0.407 bits per heavy atom. The highest BCUT2D eigenvalue weighted by Gasteiger charge is 2.95. The lowest BCUT2D eigenvalue weighted by Gasteiger charge is -2.44. The fourth-order valence-electron chi connectivity index (χ4n) is 6.37. The number of halogens is 17. The van der Waals surface area contributed by atoms with Crippen LogP contribution in [0, 0.1) is 0 Å². The molecule has 0 aliphatic heterocycles. The molecular formula is C36H30F17Si. The number of fused-ring (bicyclic) bond motifs is 2. The van der Waals surface area contributed by atoms with E-state index in [4.69, 9.17) is 0 Å². The standard InChI is InChI=1S/C36H30F17Si/c1-3-54(4-2)21-28(26-15-13-22-9-5-7-11-24(22)19-26,27-16-14-23-10-6-8-12-25(23)20-27)17-18-29(37,38)30(39,40)31(41,42)32(43,44)33(45,46)34(47,48)35(49,50)36(51,52)53/h5-16,19-20H,3-4,17-18,21H2,1-2H3. The average Bonchev–Trinajstić information content (AvgIpc) is 3.10. The van der Waals surface area contributed by atoms with Crippen LogP contribution in [0.2, 0.25) is 18.1 Å². The molecule has 54 heavy (non-hydrogen) atoms. The summed E-state index contributed by atoms with van der Waals surface area (Å²) in [6.07, 6.45) is -11.6. The lowest BCUT2D eigenvalue weighted by Crippen LogP contribution is -2.74. The van der Waals surface area contributed by atoms with Gasteiger partial charge >= 0.3 is 47.6 Å². The smallest absolute Gasteiger partial charge is 0.200 e. The number of benzene rings is 4. The Morgan fingerprint density at radius 3 is 1.13 bits per heavy atom. The van der Waals surface area contributed by atoms with Crippen LogP contribution in [0.1, 0.15) is 37.8 Å². The van der Waals surface area contributed by atoms with Gasteiger partial charge in [-0.15, -0.1) is 0 Å². The second-order valence-corrected chi connectivity index (χ2v) is 16.3. The fourth-order valence-corrected chi connectivity index (χ4v) is 8.81. The van der Waals surface area contributed by atoms with Crippen LogP contribution in [-0.2, 0) is 5.41 Å². The summed E-state index contributed by atoms with van der Waals surface area (Å²) in [5.74, 6) is -56.6. The van der Waals surface area contributed by atoms with Crippen molar-refractivity contribution in [3.63, 3.8) is 0 Å². The molecule has 0 spiro atoms. The normalized spacial score (nSPS) is 14.7. The summed E-state index contributed by atoms with van der Waals surface area (Å²) in [6, 6.07) is 23.0. The molecule has 0 amide bonds. The minimum atomic E-state index is -8.67. The SMILES string of the molecule is CC[Si](CC)CC(CCC(F)(F)C(F)(F)C(F)(F)C(F)(F)C(F)(F)C(F)(F)C(F)(F)C(F)(F)F)(c1ccc2ccccc2c1)c1ccc2ccccc2c1. The zero-order valence-corrected chi connectivity index (χ0v) is 29.0. The van der Waals surface area contributed by atoms with E-state index in [2.05, 4.69) is 0 Å². The molecule has 0 heterocycles. The van der Waals surface area contributed by atoms with Crippen LogP contribution >= 0.6 is 0 Å². The first kappa shape index (κ1) is 43.2. The van der Waals surface area contributed by atoms with Gasteiger partial charge in [-0.3, -0.25) is 0 Å². The summed E-state index contributed by atoms with van der Waals surface area (Å²) < 4.78 is 240. The van der Waals surface area contributed by atoms with Crippen molar-refractivity contribution in [1.82, 2.24) is 0 Å². The summed E-state index contributed by atoms with van der Waals surface area (Å²) in [7, 11) is -1.64. The molecule has 4 aromatic rings. The van der Waals surface area contributed by atoms with Crippen molar-refractivity contribution in [2.75, 3.05) is 0 Å². The lowest BCUT2D eigenvalue weighted by molar-refractivity contribution is -0.461. The molecule has 18 heteroatoms. The Morgan fingerprint density at radius 2 is 0.759 bits per heavy atom. The maximum atomic E-state index is 15.6. The number of rotatable bonds is 15. The van der Waals surface area contributed by atoms with Crippen LogP contribution < -0.4 is 0 Å². The second kappa shape index (κ2) is 14.2. The second-order valence-electron chi connectivity index (χ2n) is 13.0. The van der Waals surface area contributed by atoms with Gasteiger partial charge in [-0.25, -0.2) is 0 Å². The van der Waals surface area contributed by atoms with Crippen LogP contribution in [0.15, 0.2) is 84.9 Å². The molecule has 0 aliphatic rings. The minimum absolute atomic E-state index is 0.0631. The van der Waals surface area contributed by atoms with E-state index in [1.807, 2.05) is 0 Å². The van der Waals surface area contributed by atoms with Crippen molar-refractivity contribution in [1.29, 1.82) is 0 Å². The highest BCUT2D eigenvalue weighted by molar-refractivity contribution is 6.59. The van der Waals surface area contributed by atoms with Gasteiger partial charge in [0, 0.05) is 20.6 Å². The molecule has 0 nitrogen and oxygen atoms in total. The quantitative estimate of drug-likeness (QED) is 0.0828. The predicted molar refractivity (Wildman–Crippen MR) is 170 cm³/mol. The Balaban J connectivity index is 1.90. The number of alkyl halides is 17. The van der Waals surface area contributed by atoms with E-state index in [1.54, 1.807) is 74.5 Å². The van der Waals surface area contributed by atoms with Gasteiger partial charge in [-0.1, -0.05) is 111 Å². The molecule has 0 unspecified atom stereocenters. The van der Waals surface area contributed by atoms with Crippen LogP contribution in [-0.4, -0.2) is 56.4 Å². The zero-order valence-electron chi connectivity index (χ0n) is 28.0. The summed E-state index contributed by atoms with van der Waals surface area (Å²) in [5.41, 5.74) is -1.45. The van der Waals surface area contributed by atoms with E-state index in [0.717, 1.165) is 0 Å². The molecule has 4 aromatic carbocycles. The first-order chi connectivity index (χ1) is 24.6. The third-order valence-electron chi connectivity index (χ3n) is 9.81. The summed E-state index contributed by atoms with van der Waals surface area (Å²) >= 11 is 0. The lowest BCUT2D eigenvalue weighted by atomic mass is 9.71. The zero-order chi connectivity index (χ0) is 41.0. The van der Waals surface area contributed by atoms with E-state index in [-0.39, 0.29) is 17.2 Å². The summed E-state index contributed by atoms with van der Waals surface area (Å²) in [5, 5.41) is 2.25. The van der Waals surface area contributed by atoms with E-state index < -0.39 is 74.7 Å². The molecule has 0 saturated heterocycles. The van der Waals surface area contributed by atoms with Gasteiger partial charge < -0.3 is 0 Å². The third kappa shape index (κ3) is 6.71. The Bertz CT molecular complexity index is 1850. The molecule has 0 aromatic heterocycles. The maximum absolute atomic E-state index is 15.6. The van der Waals surface area contributed by atoms with Crippen molar-refractivity contribution in [3.8, 4) is 0 Å². The van der Waals surface area contributed by atoms with Gasteiger partial charge in [0.15, 0.2) is 0 Å². The van der Waals surface area contributed by atoms with E-state index >= 15 is 17.6 Å². The van der Waals surface area contributed by atoms with Crippen LogP contribution in [0.4, 0.5) is 74.6 Å². The van der Waals surface area contributed by atoms with Crippen molar-refractivity contribution >= 4 is 30.3 Å². The van der Waals surface area contributed by atoms with Crippen molar-refractivity contribution < 1.29 is 74.6 Å². The molecule has 297 valence electrons. The number of hydrogen-bond donors (Lipinski definition) is 0. The van der Waals surface area contributed by atoms with Gasteiger partial charge in [0.05, 0.1) is 0 Å². The van der Waals surface area contributed by atoms with Crippen LogP contribution in [0.3, 0.4) is 0 Å². The Kier molecular flexibility index (Phi) is 11.3. The van der Waals surface area contributed by atoms with Gasteiger partial charge in [-0.2, -0.15) is 74.6 Å². The molecule has 4 rings (SSSR count). The Hall–Kier alpha value is -3.57. The largest absolute Gasteiger partial charge is 0.460 e. The van der Waals surface area contributed by atoms with Crippen molar-refractivity contribution in [3.05, 3.63) is 96.1 Å². The molecule has 0 saturated carbocycles. The molecule has 1 radical (unpaired) electrons. The molecule has 0 bridgehead atoms. The molecule has 0 aliphatic carbocycles. The summed E-state index contributed by atoms with van der Waals surface area (Å²) in [4.78, 5) is 0. The maximum Gasteiger partial charge on any atom is 0.460 e. The van der Waals surface area contributed by atoms with Crippen LogP contribution in [0.25, 0.3) is 21.5 Å². The average molecular weight is 814 g/mol. The van der Waals surface area contributed by atoms with Crippen LogP contribution in [0.5, 0.6) is 0 Å².